The summed E-state index contributed by atoms with van der Waals surface area (Å²) in [4.78, 5) is 6.42. The van der Waals surface area contributed by atoms with Crippen molar-refractivity contribution < 1.29 is 0 Å². The van der Waals surface area contributed by atoms with Crippen molar-refractivity contribution in [2.45, 2.75) is 6.42 Å². The van der Waals surface area contributed by atoms with E-state index in [-0.39, 0.29) is 0 Å². The lowest BCUT2D eigenvalue weighted by atomic mass is 10.3. The molecule has 0 saturated carbocycles. The number of nitrogens with zero attached hydrogens (tertiary/aromatic N) is 4. The van der Waals surface area contributed by atoms with E-state index in [1.54, 1.807) is 0 Å². The number of hydrogen-bond donors (Lipinski definition) is 1. The zero-order valence-electron chi connectivity index (χ0n) is 10.9. The molecular formula is C13H17N5. The average molecular weight is 243 g/mol. The highest BCUT2D eigenvalue weighted by Gasteiger charge is 2.14. The van der Waals surface area contributed by atoms with Gasteiger partial charge in [0.15, 0.2) is 5.69 Å². The molecule has 2 aromatic heterocycles. The van der Waals surface area contributed by atoms with Crippen LogP contribution in [0.2, 0.25) is 0 Å². The molecule has 0 fully saturated rings. The first-order valence-corrected chi connectivity index (χ1v) is 5.91. The van der Waals surface area contributed by atoms with Gasteiger partial charge in [0, 0.05) is 33.3 Å². The van der Waals surface area contributed by atoms with Gasteiger partial charge in [-0.1, -0.05) is 0 Å². The predicted octanol–water partition coefficient (Wildman–Crippen LogP) is 1.03. The third-order valence-corrected chi connectivity index (χ3v) is 2.90. The first-order valence-electron chi connectivity index (χ1n) is 5.91. The third kappa shape index (κ3) is 2.03. The summed E-state index contributed by atoms with van der Waals surface area (Å²) in [5, 5.41) is 12.3. The van der Waals surface area contributed by atoms with Gasteiger partial charge in [-0.3, -0.25) is 0 Å². The van der Waals surface area contributed by atoms with E-state index in [4.69, 9.17) is 0 Å². The Bertz CT molecular complexity index is 591. The largest absolute Gasteiger partial charge is 0.376 e. The molecule has 5 heteroatoms. The molecular weight excluding hydrogens is 226 g/mol. The van der Waals surface area contributed by atoms with Crippen molar-refractivity contribution in [3.05, 3.63) is 29.8 Å². The van der Waals surface area contributed by atoms with Crippen LogP contribution in [0.3, 0.4) is 0 Å². The standard InChI is InChI=1S/C13H17N5/c1-15-7-6-12-16-10(9-14)13-11(17(2)3)5-4-8-18(12)13/h4-5,8,15H,6-7H2,1-3H3. The molecule has 0 aliphatic carbocycles. The van der Waals surface area contributed by atoms with Gasteiger partial charge in [-0.15, -0.1) is 0 Å². The molecule has 0 amide bonds. The lowest BCUT2D eigenvalue weighted by Gasteiger charge is -2.14. The Balaban J connectivity index is 2.64. The summed E-state index contributed by atoms with van der Waals surface area (Å²) in [7, 11) is 5.85. The normalized spacial score (nSPS) is 10.6. The van der Waals surface area contributed by atoms with Crippen LogP contribution < -0.4 is 10.2 Å². The predicted molar refractivity (Wildman–Crippen MR) is 71.9 cm³/mol. The van der Waals surface area contributed by atoms with Gasteiger partial charge in [0.05, 0.1) is 5.69 Å². The lowest BCUT2D eigenvalue weighted by Crippen LogP contribution is -2.13. The number of anilines is 1. The molecule has 0 bridgehead atoms. The van der Waals surface area contributed by atoms with Gasteiger partial charge < -0.3 is 14.6 Å². The lowest BCUT2D eigenvalue weighted by molar-refractivity contribution is 0.753. The molecule has 2 rings (SSSR count). The minimum Gasteiger partial charge on any atom is -0.376 e. The van der Waals surface area contributed by atoms with Gasteiger partial charge in [0.2, 0.25) is 0 Å². The average Bonchev–Trinajstić information content (AvgIpc) is 2.74. The molecule has 0 atom stereocenters. The molecule has 0 unspecified atom stereocenters. The van der Waals surface area contributed by atoms with Gasteiger partial charge in [0.25, 0.3) is 0 Å². The van der Waals surface area contributed by atoms with Crippen molar-refractivity contribution in [1.29, 1.82) is 5.26 Å². The second-order valence-corrected chi connectivity index (χ2v) is 4.35. The quantitative estimate of drug-likeness (QED) is 0.871. The molecule has 0 aliphatic rings. The summed E-state index contributed by atoms with van der Waals surface area (Å²) >= 11 is 0. The molecule has 0 saturated heterocycles. The Morgan fingerprint density at radius 2 is 2.28 bits per heavy atom. The van der Waals surface area contributed by atoms with Crippen LogP contribution in [0.15, 0.2) is 18.3 Å². The Kier molecular flexibility index (Phi) is 3.49. The molecule has 2 aromatic rings. The maximum Gasteiger partial charge on any atom is 0.168 e. The summed E-state index contributed by atoms with van der Waals surface area (Å²) in [5.41, 5.74) is 2.39. The zero-order valence-corrected chi connectivity index (χ0v) is 10.9. The molecule has 0 spiro atoms. The van der Waals surface area contributed by atoms with Gasteiger partial charge in [-0.2, -0.15) is 5.26 Å². The van der Waals surface area contributed by atoms with Gasteiger partial charge in [-0.05, 0) is 19.2 Å². The van der Waals surface area contributed by atoms with Crippen LogP contribution >= 0.6 is 0 Å². The molecule has 1 N–H and O–H groups in total. The highest BCUT2D eigenvalue weighted by molar-refractivity contribution is 5.78. The highest BCUT2D eigenvalue weighted by atomic mass is 15.1. The van der Waals surface area contributed by atoms with Crippen LogP contribution in [0.1, 0.15) is 11.5 Å². The highest BCUT2D eigenvalue weighted by Crippen LogP contribution is 2.24. The molecule has 0 radical (unpaired) electrons. The SMILES string of the molecule is CNCCc1nc(C#N)c2c(N(C)C)cccn12. The van der Waals surface area contributed by atoms with Crippen LogP contribution in [-0.4, -0.2) is 37.1 Å². The molecule has 0 aromatic carbocycles. The zero-order chi connectivity index (χ0) is 13.1. The number of rotatable bonds is 4. The molecule has 0 aliphatic heterocycles. The number of aromatic nitrogens is 2. The number of pyridine rings is 1. The van der Waals surface area contributed by atoms with Crippen molar-refractivity contribution in [1.82, 2.24) is 14.7 Å². The van der Waals surface area contributed by atoms with E-state index in [9.17, 15) is 5.26 Å². The van der Waals surface area contributed by atoms with Crippen LogP contribution in [0.25, 0.3) is 5.52 Å². The maximum absolute atomic E-state index is 9.22. The number of fused-ring (bicyclic) bond motifs is 1. The number of nitriles is 1. The summed E-state index contributed by atoms with van der Waals surface area (Å²) in [6, 6.07) is 6.16. The van der Waals surface area contributed by atoms with Gasteiger partial charge in [-0.25, -0.2) is 4.98 Å². The van der Waals surface area contributed by atoms with Crippen LogP contribution in [0, 0.1) is 11.3 Å². The minimum absolute atomic E-state index is 0.491. The Hall–Kier alpha value is -2.06. The van der Waals surface area contributed by atoms with Crippen molar-refractivity contribution in [3.8, 4) is 6.07 Å². The number of nitrogens with one attached hydrogen (secondary N) is 1. The Labute approximate surface area is 107 Å². The fraction of sp³-hybridized carbons (Fsp3) is 0.385. The fourth-order valence-corrected chi connectivity index (χ4v) is 2.04. The van der Waals surface area contributed by atoms with Crippen LogP contribution in [0.5, 0.6) is 0 Å². The fourth-order valence-electron chi connectivity index (χ4n) is 2.04. The molecule has 2 heterocycles. The van der Waals surface area contributed by atoms with E-state index in [0.717, 1.165) is 30.0 Å². The Morgan fingerprint density at radius 1 is 1.50 bits per heavy atom. The van der Waals surface area contributed by atoms with Gasteiger partial charge >= 0.3 is 0 Å². The summed E-state index contributed by atoms with van der Waals surface area (Å²) < 4.78 is 2.01. The van der Waals surface area contributed by atoms with Crippen molar-refractivity contribution in [2.24, 2.45) is 0 Å². The second kappa shape index (κ2) is 5.07. The second-order valence-electron chi connectivity index (χ2n) is 4.35. The van der Waals surface area contributed by atoms with Crippen LogP contribution in [0.4, 0.5) is 5.69 Å². The molecule has 5 nitrogen and oxygen atoms in total. The van der Waals surface area contributed by atoms with E-state index < -0.39 is 0 Å². The Morgan fingerprint density at radius 3 is 2.89 bits per heavy atom. The third-order valence-electron chi connectivity index (χ3n) is 2.90. The van der Waals surface area contributed by atoms with E-state index in [0.29, 0.717) is 5.69 Å². The monoisotopic (exact) mass is 243 g/mol. The summed E-state index contributed by atoms with van der Waals surface area (Å²) in [5.74, 6) is 0.916. The van der Waals surface area contributed by atoms with E-state index >= 15 is 0 Å². The van der Waals surface area contributed by atoms with E-state index in [1.807, 2.05) is 48.8 Å². The number of hydrogen-bond acceptors (Lipinski definition) is 4. The van der Waals surface area contributed by atoms with E-state index in [1.165, 1.54) is 0 Å². The molecule has 18 heavy (non-hydrogen) atoms. The summed E-state index contributed by atoms with van der Waals surface area (Å²) in [6.07, 6.45) is 2.76. The first kappa shape index (κ1) is 12.4. The van der Waals surface area contributed by atoms with Gasteiger partial charge in [0.1, 0.15) is 17.4 Å². The molecule has 94 valence electrons. The smallest absolute Gasteiger partial charge is 0.168 e. The van der Waals surface area contributed by atoms with Crippen LogP contribution in [-0.2, 0) is 6.42 Å². The topological polar surface area (TPSA) is 56.4 Å². The number of imidazole rings is 1. The van der Waals surface area contributed by atoms with Crippen molar-refractivity contribution in [3.63, 3.8) is 0 Å². The summed E-state index contributed by atoms with van der Waals surface area (Å²) in [6.45, 7) is 0.843. The first-order chi connectivity index (χ1) is 8.69. The number of likely N-dealkylation sites (N-methyl/N-ethyl adjacent to an activating group) is 1. The maximum atomic E-state index is 9.22. The minimum atomic E-state index is 0.491. The van der Waals surface area contributed by atoms with Crippen molar-refractivity contribution in [2.75, 3.05) is 32.6 Å². The van der Waals surface area contributed by atoms with Crippen molar-refractivity contribution >= 4 is 11.2 Å². The van der Waals surface area contributed by atoms with E-state index in [2.05, 4.69) is 16.4 Å².